The van der Waals surface area contributed by atoms with Crippen LogP contribution >= 0.6 is 27.3 Å². The molecule has 0 bridgehead atoms. The lowest BCUT2D eigenvalue weighted by atomic mass is 10.1. The van der Waals surface area contributed by atoms with Gasteiger partial charge in [0.25, 0.3) is 0 Å². The van der Waals surface area contributed by atoms with Crippen LogP contribution in [0.15, 0.2) is 65.5 Å². The van der Waals surface area contributed by atoms with E-state index in [9.17, 15) is 32.6 Å². The SMILES string of the molecule is O=C(O)C(Cc1cc(O)ccc1OCc1ccnc(OCCC(F)(F)F)n1)Oc1ncnc2sc(-c3ccc(F)cc3)c(Br)c12. The molecule has 0 saturated heterocycles. The highest BCUT2D eigenvalue weighted by Gasteiger charge is 2.28. The molecule has 10 nitrogen and oxygen atoms in total. The van der Waals surface area contributed by atoms with Crippen molar-refractivity contribution in [2.75, 3.05) is 6.61 Å². The Morgan fingerprint density at radius 1 is 1.04 bits per heavy atom. The molecule has 1 atom stereocenters. The number of ether oxygens (including phenoxy) is 3. The maximum Gasteiger partial charge on any atom is 0.392 e. The van der Waals surface area contributed by atoms with Gasteiger partial charge in [-0.1, -0.05) is 12.1 Å². The molecule has 0 aliphatic heterocycles. The van der Waals surface area contributed by atoms with Gasteiger partial charge in [-0.3, -0.25) is 0 Å². The van der Waals surface area contributed by atoms with E-state index in [-0.39, 0.29) is 47.7 Å². The zero-order valence-corrected chi connectivity index (χ0v) is 25.2. The van der Waals surface area contributed by atoms with E-state index in [2.05, 4.69) is 35.9 Å². The average molecular weight is 709 g/mol. The van der Waals surface area contributed by atoms with Gasteiger partial charge >= 0.3 is 18.2 Å². The molecule has 2 N–H and O–H groups in total. The third kappa shape index (κ3) is 8.13. The molecular weight excluding hydrogens is 688 g/mol. The number of hydrogen-bond acceptors (Lipinski definition) is 10. The lowest BCUT2D eigenvalue weighted by Crippen LogP contribution is -2.30. The van der Waals surface area contributed by atoms with Crippen molar-refractivity contribution in [1.82, 2.24) is 19.9 Å². The zero-order valence-electron chi connectivity index (χ0n) is 22.8. The molecule has 45 heavy (non-hydrogen) atoms. The number of hydrogen-bond donors (Lipinski definition) is 2. The number of aromatic nitrogens is 4. The lowest BCUT2D eigenvalue weighted by Gasteiger charge is -2.18. The van der Waals surface area contributed by atoms with Gasteiger partial charge in [-0.25, -0.2) is 24.1 Å². The Labute approximate surface area is 264 Å². The second kappa shape index (κ2) is 13.6. The number of halogens is 5. The smallest absolute Gasteiger partial charge is 0.392 e. The van der Waals surface area contributed by atoms with E-state index in [1.54, 1.807) is 12.1 Å². The van der Waals surface area contributed by atoms with Crippen molar-refractivity contribution in [3.63, 3.8) is 0 Å². The monoisotopic (exact) mass is 708 g/mol. The number of aromatic hydroxyl groups is 1. The predicted octanol–water partition coefficient (Wildman–Crippen LogP) is 6.74. The van der Waals surface area contributed by atoms with Crippen LogP contribution in [0.25, 0.3) is 20.7 Å². The topological polar surface area (TPSA) is 137 Å². The molecule has 5 rings (SSSR count). The molecule has 0 spiro atoms. The molecule has 16 heteroatoms. The van der Waals surface area contributed by atoms with Crippen LogP contribution in [0, 0.1) is 5.82 Å². The summed E-state index contributed by atoms with van der Waals surface area (Å²) in [6.45, 7) is -0.824. The Balaban J connectivity index is 1.34. The Morgan fingerprint density at radius 3 is 2.56 bits per heavy atom. The summed E-state index contributed by atoms with van der Waals surface area (Å²) < 4.78 is 68.0. The first-order valence-electron chi connectivity index (χ1n) is 13.0. The summed E-state index contributed by atoms with van der Waals surface area (Å²) in [6, 6.07) is 11.2. The fourth-order valence-corrected chi connectivity index (χ4v) is 6.06. The fraction of sp³-hybridized carbons (Fsp3) is 0.207. The number of thiophene rings is 1. The Bertz CT molecular complexity index is 1820. The van der Waals surface area contributed by atoms with Gasteiger partial charge in [-0.2, -0.15) is 18.2 Å². The van der Waals surface area contributed by atoms with Crippen molar-refractivity contribution in [3.05, 3.63) is 82.6 Å². The normalized spacial score (nSPS) is 12.2. The Kier molecular flexibility index (Phi) is 9.63. The number of rotatable bonds is 12. The van der Waals surface area contributed by atoms with Crippen LogP contribution in [-0.2, 0) is 17.8 Å². The highest BCUT2D eigenvalue weighted by Crippen LogP contribution is 2.44. The summed E-state index contributed by atoms with van der Waals surface area (Å²) in [6.07, 6.45) is -4.76. The van der Waals surface area contributed by atoms with Gasteiger partial charge in [0.2, 0.25) is 12.0 Å². The summed E-state index contributed by atoms with van der Waals surface area (Å²) in [7, 11) is 0. The highest BCUT2D eigenvalue weighted by molar-refractivity contribution is 9.10. The maximum absolute atomic E-state index is 13.5. The number of phenolic OH excluding ortho intramolecular Hbond substituents is 1. The minimum absolute atomic E-state index is 0.00875. The van der Waals surface area contributed by atoms with Crippen molar-refractivity contribution in [1.29, 1.82) is 0 Å². The van der Waals surface area contributed by atoms with E-state index < -0.39 is 37.1 Å². The molecule has 234 valence electrons. The Morgan fingerprint density at radius 2 is 1.82 bits per heavy atom. The van der Waals surface area contributed by atoms with Gasteiger partial charge in [0.15, 0.2) is 0 Å². The van der Waals surface area contributed by atoms with Crippen molar-refractivity contribution < 1.29 is 46.8 Å². The van der Waals surface area contributed by atoms with Gasteiger partial charge < -0.3 is 24.4 Å². The molecule has 0 aliphatic carbocycles. The molecule has 0 fully saturated rings. The highest BCUT2D eigenvalue weighted by atomic mass is 79.9. The summed E-state index contributed by atoms with van der Waals surface area (Å²) in [5, 5.41) is 20.6. The van der Waals surface area contributed by atoms with Crippen LogP contribution in [-0.4, -0.2) is 55.0 Å². The molecule has 1 unspecified atom stereocenters. The van der Waals surface area contributed by atoms with E-state index in [4.69, 9.17) is 14.2 Å². The van der Waals surface area contributed by atoms with Crippen LogP contribution < -0.4 is 14.2 Å². The third-order valence-electron chi connectivity index (χ3n) is 6.16. The van der Waals surface area contributed by atoms with Crippen molar-refractivity contribution in [2.45, 2.75) is 31.7 Å². The molecule has 2 aromatic carbocycles. The summed E-state index contributed by atoms with van der Waals surface area (Å²) >= 11 is 4.81. The predicted molar refractivity (Wildman–Crippen MR) is 157 cm³/mol. The molecule has 0 aliphatic rings. The van der Waals surface area contributed by atoms with Crippen LogP contribution in [0.2, 0.25) is 0 Å². The third-order valence-corrected chi connectivity index (χ3v) is 8.37. The largest absolute Gasteiger partial charge is 0.508 e. The number of nitrogens with zero attached hydrogens (tertiary/aromatic N) is 4. The molecule has 0 saturated carbocycles. The zero-order chi connectivity index (χ0) is 32.1. The summed E-state index contributed by atoms with van der Waals surface area (Å²) in [4.78, 5) is 29.8. The summed E-state index contributed by atoms with van der Waals surface area (Å²) in [5.41, 5.74) is 1.26. The van der Waals surface area contributed by atoms with E-state index in [1.165, 1.54) is 60.3 Å². The standard InChI is InChI=1S/C29H21BrF4N4O6S/c30-23-22-25(36-14-37-26(22)45-24(23)15-1-3-17(31)4-2-15)44-21(27(40)41)12-16-11-19(39)5-6-20(16)43-13-18-7-9-35-28(38-18)42-10-8-29(32,33)34/h1-7,9,11,14,21,39H,8,10,12-13H2,(H,40,41). The van der Waals surface area contributed by atoms with Crippen molar-refractivity contribution in [3.8, 4) is 33.8 Å². The van der Waals surface area contributed by atoms with Gasteiger partial charge in [-0.05, 0) is 57.9 Å². The number of carbonyl (C=O) groups is 1. The number of aliphatic carboxylic acids is 1. The first-order valence-corrected chi connectivity index (χ1v) is 14.6. The molecule has 0 radical (unpaired) electrons. The van der Waals surface area contributed by atoms with Crippen molar-refractivity contribution in [2.24, 2.45) is 0 Å². The molecular formula is C29H21BrF4N4O6S. The van der Waals surface area contributed by atoms with Crippen molar-refractivity contribution >= 4 is 43.5 Å². The first kappa shape index (κ1) is 31.8. The van der Waals surface area contributed by atoms with Gasteiger partial charge in [0.1, 0.15) is 41.7 Å². The van der Waals surface area contributed by atoms with Crippen LogP contribution in [0.4, 0.5) is 17.6 Å². The average Bonchev–Trinajstić information content (AvgIpc) is 3.33. The number of benzene rings is 2. The van der Waals surface area contributed by atoms with Crippen LogP contribution in [0.3, 0.4) is 0 Å². The number of carboxylic acid groups (broad SMARTS) is 1. The minimum Gasteiger partial charge on any atom is -0.508 e. The van der Waals surface area contributed by atoms with E-state index in [0.29, 0.717) is 25.1 Å². The number of phenols is 1. The van der Waals surface area contributed by atoms with E-state index in [0.717, 1.165) is 0 Å². The van der Waals surface area contributed by atoms with Crippen LogP contribution in [0.5, 0.6) is 23.4 Å². The number of fused-ring (bicyclic) bond motifs is 1. The maximum atomic E-state index is 13.5. The van der Waals surface area contributed by atoms with E-state index >= 15 is 0 Å². The van der Waals surface area contributed by atoms with Gasteiger partial charge in [0, 0.05) is 18.2 Å². The molecule has 3 aromatic heterocycles. The second-order valence-electron chi connectivity index (χ2n) is 9.38. The summed E-state index contributed by atoms with van der Waals surface area (Å²) in [5.74, 6) is -1.68. The van der Waals surface area contributed by atoms with Gasteiger partial charge in [0.05, 0.1) is 26.9 Å². The molecule has 5 aromatic rings. The Hall–Kier alpha value is -4.57. The number of alkyl halides is 3. The van der Waals surface area contributed by atoms with E-state index in [1.807, 2.05) is 0 Å². The lowest BCUT2D eigenvalue weighted by molar-refractivity contribution is -0.145. The first-order chi connectivity index (χ1) is 21.5. The quantitative estimate of drug-likeness (QED) is 0.134. The second-order valence-corrected chi connectivity index (χ2v) is 11.2. The fourth-order valence-electron chi connectivity index (χ4n) is 4.07. The van der Waals surface area contributed by atoms with Gasteiger partial charge in [-0.15, -0.1) is 11.3 Å². The number of carboxylic acids is 1. The molecule has 3 heterocycles. The van der Waals surface area contributed by atoms with Crippen LogP contribution in [0.1, 0.15) is 17.7 Å². The molecule has 0 amide bonds. The minimum atomic E-state index is -4.39.